The van der Waals surface area contributed by atoms with E-state index in [-0.39, 0.29) is 17.1 Å². The van der Waals surface area contributed by atoms with Crippen molar-refractivity contribution in [3.63, 3.8) is 0 Å². The van der Waals surface area contributed by atoms with Gasteiger partial charge in [-0.05, 0) is 6.92 Å². The number of carbonyl (C=O) groups is 1. The molecule has 2 heteroatoms. The molecule has 0 bridgehead atoms. The minimum Gasteiger partial charge on any atom is -0.298 e. The molecule has 0 aliphatic carbocycles. The molecule has 1 aromatic rings. The van der Waals surface area contributed by atoms with Crippen molar-refractivity contribution in [2.24, 2.45) is 5.41 Å². The Bertz CT molecular complexity index is 285. The van der Waals surface area contributed by atoms with E-state index in [1.807, 2.05) is 39.0 Å². The third-order valence-electron chi connectivity index (χ3n) is 1.90. The molecule has 1 aromatic carbocycles. The fourth-order valence-corrected chi connectivity index (χ4v) is 1.14. The zero-order valence-corrected chi connectivity index (χ0v) is 10.6. The first-order valence-electron chi connectivity index (χ1n) is 4.99. The summed E-state index contributed by atoms with van der Waals surface area (Å²) in [5, 5.41) is 0. The zero-order chi connectivity index (χ0) is 11.9. The number of ketones is 1. The fraction of sp³-hybridized carbons (Fsp3) is 0.462. The maximum atomic E-state index is 10.7. The van der Waals surface area contributed by atoms with Crippen molar-refractivity contribution >= 4 is 17.4 Å². The molecule has 1 rings (SSSR count). The Kier molecular flexibility index (Phi) is 6.26. The van der Waals surface area contributed by atoms with Gasteiger partial charge in [0.2, 0.25) is 0 Å². The quantitative estimate of drug-likeness (QED) is 0.665. The summed E-state index contributed by atoms with van der Waals surface area (Å²) in [7, 11) is 0. The van der Waals surface area contributed by atoms with E-state index >= 15 is 0 Å². The SMILES string of the molecule is CC(C)(C)C(=O)CCl.Cc1ccccc1. The summed E-state index contributed by atoms with van der Waals surface area (Å²) < 4.78 is 0. The van der Waals surface area contributed by atoms with Crippen LogP contribution in [0.5, 0.6) is 0 Å². The van der Waals surface area contributed by atoms with Crippen LogP contribution < -0.4 is 0 Å². The number of halogens is 1. The van der Waals surface area contributed by atoms with Crippen molar-refractivity contribution in [3.05, 3.63) is 35.9 Å². The fourth-order valence-electron chi connectivity index (χ4n) is 0.735. The van der Waals surface area contributed by atoms with Crippen LogP contribution in [0.3, 0.4) is 0 Å². The molecule has 0 unspecified atom stereocenters. The number of alkyl halides is 1. The average molecular weight is 227 g/mol. The second-order valence-electron chi connectivity index (χ2n) is 4.46. The van der Waals surface area contributed by atoms with E-state index in [4.69, 9.17) is 11.6 Å². The minimum atomic E-state index is -0.262. The Hall–Kier alpha value is -0.820. The second kappa shape index (κ2) is 6.62. The Morgan fingerprint density at radius 3 is 1.80 bits per heavy atom. The van der Waals surface area contributed by atoms with Gasteiger partial charge in [-0.1, -0.05) is 56.7 Å². The highest BCUT2D eigenvalue weighted by Crippen LogP contribution is 2.14. The number of carbonyl (C=O) groups excluding carboxylic acids is 1. The Balaban J connectivity index is 0.000000262. The molecule has 0 heterocycles. The lowest BCUT2D eigenvalue weighted by molar-refractivity contribution is -0.123. The maximum absolute atomic E-state index is 10.7. The van der Waals surface area contributed by atoms with Gasteiger partial charge in [-0.15, -0.1) is 11.6 Å². The summed E-state index contributed by atoms with van der Waals surface area (Å²) in [6.45, 7) is 7.66. The molecule has 0 atom stereocenters. The van der Waals surface area contributed by atoms with Crippen molar-refractivity contribution < 1.29 is 4.79 Å². The van der Waals surface area contributed by atoms with Crippen LogP contribution >= 0.6 is 11.6 Å². The Morgan fingerprint density at radius 1 is 1.20 bits per heavy atom. The van der Waals surface area contributed by atoms with E-state index in [1.165, 1.54) is 5.56 Å². The van der Waals surface area contributed by atoms with Crippen molar-refractivity contribution in [3.8, 4) is 0 Å². The monoisotopic (exact) mass is 226 g/mol. The van der Waals surface area contributed by atoms with Crippen molar-refractivity contribution in [1.82, 2.24) is 0 Å². The molecule has 0 saturated carbocycles. The van der Waals surface area contributed by atoms with Crippen LogP contribution in [0.25, 0.3) is 0 Å². The van der Waals surface area contributed by atoms with Gasteiger partial charge in [-0.3, -0.25) is 4.79 Å². The van der Waals surface area contributed by atoms with Gasteiger partial charge >= 0.3 is 0 Å². The number of Topliss-reactive ketones (excluding diaryl/α,β-unsaturated/α-hetero) is 1. The highest BCUT2D eigenvalue weighted by atomic mass is 35.5. The van der Waals surface area contributed by atoms with Crippen molar-refractivity contribution in [2.75, 3.05) is 5.88 Å². The molecule has 0 aliphatic rings. The molecule has 84 valence electrons. The van der Waals surface area contributed by atoms with Gasteiger partial charge in [0, 0.05) is 5.41 Å². The van der Waals surface area contributed by atoms with Gasteiger partial charge in [0.05, 0.1) is 5.88 Å². The number of rotatable bonds is 1. The topological polar surface area (TPSA) is 17.1 Å². The van der Waals surface area contributed by atoms with E-state index < -0.39 is 0 Å². The molecule has 0 N–H and O–H groups in total. The third-order valence-corrected chi connectivity index (χ3v) is 2.14. The van der Waals surface area contributed by atoms with E-state index in [1.54, 1.807) is 0 Å². The van der Waals surface area contributed by atoms with Gasteiger partial charge in [0.15, 0.2) is 5.78 Å². The highest BCUT2D eigenvalue weighted by Gasteiger charge is 2.18. The highest BCUT2D eigenvalue weighted by molar-refractivity contribution is 6.28. The molecule has 0 fully saturated rings. The van der Waals surface area contributed by atoms with Crippen LogP contribution in [0.4, 0.5) is 0 Å². The van der Waals surface area contributed by atoms with Crippen LogP contribution in [-0.2, 0) is 4.79 Å². The largest absolute Gasteiger partial charge is 0.298 e. The standard InChI is InChI=1S/C7H8.C6H11ClO/c1-7-5-3-2-4-6-7;1-6(2,3)5(8)4-7/h2-6H,1H3;4H2,1-3H3. The minimum absolute atomic E-state index is 0.0965. The molecule has 15 heavy (non-hydrogen) atoms. The molecular formula is C13H19ClO. The number of hydrogen-bond donors (Lipinski definition) is 0. The molecule has 0 aliphatic heterocycles. The Morgan fingerprint density at radius 2 is 1.67 bits per heavy atom. The second-order valence-corrected chi connectivity index (χ2v) is 4.73. The van der Waals surface area contributed by atoms with E-state index in [2.05, 4.69) is 19.1 Å². The van der Waals surface area contributed by atoms with Crippen molar-refractivity contribution in [1.29, 1.82) is 0 Å². The van der Waals surface area contributed by atoms with E-state index in [0.29, 0.717) is 0 Å². The predicted octanol–water partition coefficient (Wildman–Crippen LogP) is 3.84. The molecule has 1 nitrogen and oxygen atoms in total. The van der Waals surface area contributed by atoms with Gasteiger partial charge in [0.25, 0.3) is 0 Å². The van der Waals surface area contributed by atoms with Crippen LogP contribution in [-0.4, -0.2) is 11.7 Å². The van der Waals surface area contributed by atoms with Gasteiger partial charge < -0.3 is 0 Å². The molecule has 0 radical (unpaired) electrons. The van der Waals surface area contributed by atoms with E-state index in [9.17, 15) is 4.79 Å². The third kappa shape index (κ3) is 7.15. The Labute approximate surface area is 97.5 Å². The van der Waals surface area contributed by atoms with Crippen LogP contribution in [0, 0.1) is 12.3 Å². The first-order valence-corrected chi connectivity index (χ1v) is 5.52. The first-order chi connectivity index (χ1) is 6.88. The molecule has 0 aromatic heterocycles. The molecule has 0 saturated heterocycles. The van der Waals surface area contributed by atoms with Crippen molar-refractivity contribution in [2.45, 2.75) is 27.7 Å². The van der Waals surface area contributed by atoms with Crippen LogP contribution in [0.1, 0.15) is 26.3 Å². The zero-order valence-electron chi connectivity index (χ0n) is 9.88. The van der Waals surface area contributed by atoms with Crippen LogP contribution in [0.2, 0.25) is 0 Å². The number of benzene rings is 1. The average Bonchev–Trinajstić information content (AvgIpc) is 2.17. The number of aryl methyl sites for hydroxylation is 1. The summed E-state index contributed by atoms with van der Waals surface area (Å²) in [4.78, 5) is 10.7. The molecular weight excluding hydrogens is 208 g/mol. The lowest BCUT2D eigenvalue weighted by atomic mass is 9.92. The summed E-state index contributed by atoms with van der Waals surface area (Å²) in [5.74, 6) is 0.225. The van der Waals surface area contributed by atoms with Crippen LogP contribution in [0.15, 0.2) is 30.3 Å². The predicted molar refractivity (Wildman–Crippen MR) is 66.4 cm³/mol. The summed E-state index contributed by atoms with van der Waals surface area (Å²) in [6.07, 6.45) is 0. The lowest BCUT2D eigenvalue weighted by Crippen LogP contribution is -2.20. The summed E-state index contributed by atoms with van der Waals surface area (Å²) in [5.41, 5.74) is 1.06. The molecule has 0 amide bonds. The summed E-state index contributed by atoms with van der Waals surface area (Å²) >= 11 is 5.29. The van der Waals surface area contributed by atoms with Gasteiger partial charge in [-0.25, -0.2) is 0 Å². The van der Waals surface area contributed by atoms with Gasteiger partial charge in [-0.2, -0.15) is 0 Å². The number of hydrogen-bond acceptors (Lipinski definition) is 1. The molecule has 0 spiro atoms. The maximum Gasteiger partial charge on any atom is 0.152 e. The summed E-state index contributed by atoms with van der Waals surface area (Å²) in [6, 6.07) is 10.3. The smallest absolute Gasteiger partial charge is 0.152 e. The lowest BCUT2D eigenvalue weighted by Gasteiger charge is -2.13. The van der Waals surface area contributed by atoms with Gasteiger partial charge in [0.1, 0.15) is 0 Å². The van der Waals surface area contributed by atoms with E-state index in [0.717, 1.165) is 0 Å². The normalized spacial score (nSPS) is 10.2. The first kappa shape index (κ1) is 14.2.